The predicted molar refractivity (Wildman–Crippen MR) is 77.1 cm³/mol. The molecule has 0 aliphatic heterocycles. The van der Waals surface area contributed by atoms with Gasteiger partial charge in [0, 0.05) is 31.2 Å². The van der Waals surface area contributed by atoms with Gasteiger partial charge in [-0.25, -0.2) is 0 Å². The summed E-state index contributed by atoms with van der Waals surface area (Å²) in [6.45, 7) is 10.1. The Bertz CT molecular complexity index is 339. The summed E-state index contributed by atoms with van der Waals surface area (Å²) in [5.74, 6) is 0.990. The first-order valence-electron chi connectivity index (χ1n) is 6.76. The van der Waals surface area contributed by atoms with E-state index in [0.29, 0.717) is 12.6 Å². The Balaban J connectivity index is 2.35. The van der Waals surface area contributed by atoms with E-state index in [1.54, 1.807) is 0 Å². The Hall–Kier alpha value is -1.06. The number of nitrogens with zero attached hydrogens (tertiary/aromatic N) is 1. The van der Waals surface area contributed by atoms with Crippen LogP contribution in [-0.4, -0.2) is 37.7 Å². The molecule has 0 spiro atoms. The van der Waals surface area contributed by atoms with Crippen LogP contribution < -0.4 is 10.1 Å². The van der Waals surface area contributed by atoms with Crippen LogP contribution in [0.15, 0.2) is 24.3 Å². The van der Waals surface area contributed by atoms with Crippen molar-refractivity contribution in [2.24, 2.45) is 0 Å². The molecule has 0 bridgehead atoms. The van der Waals surface area contributed by atoms with Gasteiger partial charge in [0.15, 0.2) is 0 Å². The lowest BCUT2D eigenvalue weighted by Gasteiger charge is -2.21. The first kappa shape index (κ1) is 15.0. The fraction of sp³-hybridized carbons (Fsp3) is 0.600. The molecular weight excluding hydrogens is 224 g/mol. The lowest BCUT2D eigenvalue weighted by Crippen LogP contribution is -2.33. The van der Waals surface area contributed by atoms with E-state index in [1.165, 1.54) is 5.56 Å². The molecule has 0 fully saturated rings. The van der Waals surface area contributed by atoms with Gasteiger partial charge in [-0.3, -0.25) is 0 Å². The average Bonchev–Trinajstić information content (AvgIpc) is 2.36. The molecule has 0 unspecified atom stereocenters. The van der Waals surface area contributed by atoms with Crippen molar-refractivity contribution in [2.75, 3.05) is 26.7 Å². The Morgan fingerprint density at radius 2 is 2.00 bits per heavy atom. The normalized spacial score (nSPS) is 11.2. The third kappa shape index (κ3) is 5.07. The third-order valence-electron chi connectivity index (χ3n) is 3.11. The maximum Gasteiger partial charge on any atom is 0.123 e. The highest BCUT2D eigenvalue weighted by Crippen LogP contribution is 2.17. The number of hydrogen-bond acceptors (Lipinski definition) is 3. The van der Waals surface area contributed by atoms with Crippen LogP contribution in [0.3, 0.4) is 0 Å². The molecule has 0 aliphatic carbocycles. The SMILES string of the molecule is CCOc1ccccc1CNCCN(C)C(C)C. The van der Waals surface area contributed by atoms with Crippen molar-refractivity contribution in [3.05, 3.63) is 29.8 Å². The molecule has 0 aliphatic rings. The van der Waals surface area contributed by atoms with Gasteiger partial charge in [-0.05, 0) is 33.9 Å². The molecular formula is C15H26N2O. The van der Waals surface area contributed by atoms with Crippen molar-refractivity contribution in [1.29, 1.82) is 0 Å². The largest absolute Gasteiger partial charge is 0.494 e. The maximum atomic E-state index is 5.60. The first-order valence-corrected chi connectivity index (χ1v) is 6.76. The van der Waals surface area contributed by atoms with Gasteiger partial charge in [0.1, 0.15) is 5.75 Å². The van der Waals surface area contributed by atoms with E-state index in [2.05, 4.69) is 43.2 Å². The number of likely N-dealkylation sites (N-methyl/N-ethyl adjacent to an activating group) is 1. The van der Waals surface area contributed by atoms with Crippen molar-refractivity contribution >= 4 is 0 Å². The monoisotopic (exact) mass is 250 g/mol. The lowest BCUT2D eigenvalue weighted by atomic mass is 10.2. The van der Waals surface area contributed by atoms with Crippen LogP contribution >= 0.6 is 0 Å². The smallest absolute Gasteiger partial charge is 0.123 e. The zero-order valence-corrected chi connectivity index (χ0v) is 12.1. The molecule has 0 aromatic heterocycles. The van der Waals surface area contributed by atoms with Crippen molar-refractivity contribution in [3.63, 3.8) is 0 Å². The predicted octanol–water partition coefficient (Wildman–Crippen LogP) is 2.52. The molecule has 18 heavy (non-hydrogen) atoms. The van der Waals surface area contributed by atoms with Gasteiger partial charge in [0.05, 0.1) is 6.61 Å². The van der Waals surface area contributed by atoms with Gasteiger partial charge in [0.25, 0.3) is 0 Å². The minimum atomic E-state index is 0.600. The van der Waals surface area contributed by atoms with Crippen molar-refractivity contribution < 1.29 is 4.74 Å². The molecule has 1 N–H and O–H groups in total. The maximum absolute atomic E-state index is 5.60. The van der Waals surface area contributed by atoms with Crippen LogP contribution in [0.1, 0.15) is 26.3 Å². The van der Waals surface area contributed by atoms with Gasteiger partial charge >= 0.3 is 0 Å². The summed E-state index contributed by atoms with van der Waals surface area (Å²) >= 11 is 0. The van der Waals surface area contributed by atoms with Gasteiger partial charge in [-0.2, -0.15) is 0 Å². The molecule has 3 heteroatoms. The molecule has 102 valence electrons. The van der Waals surface area contributed by atoms with Crippen LogP contribution in [0.4, 0.5) is 0 Å². The van der Waals surface area contributed by atoms with E-state index in [-0.39, 0.29) is 0 Å². The summed E-state index contributed by atoms with van der Waals surface area (Å²) in [5, 5.41) is 3.46. The van der Waals surface area contributed by atoms with Crippen LogP contribution in [0.2, 0.25) is 0 Å². The zero-order valence-electron chi connectivity index (χ0n) is 12.1. The summed E-state index contributed by atoms with van der Waals surface area (Å²) in [7, 11) is 2.15. The fourth-order valence-corrected chi connectivity index (χ4v) is 1.68. The van der Waals surface area contributed by atoms with Crippen LogP contribution in [0, 0.1) is 0 Å². The highest BCUT2D eigenvalue weighted by Gasteiger charge is 2.04. The Labute approximate surface area is 111 Å². The second-order valence-electron chi connectivity index (χ2n) is 4.79. The van der Waals surface area contributed by atoms with E-state index in [4.69, 9.17) is 4.74 Å². The molecule has 0 amide bonds. The minimum Gasteiger partial charge on any atom is -0.494 e. The summed E-state index contributed by atoms with van der Waals surface area (Å²) in [6.07, 6.45) is 0. The van der Waals surface area contributed by atoms with Crippen molar-refractivity contribution in [3.8, 4) is 5.75 Å². The average molecular weight is 250 g/mol. The number of hydrogen-bond donors (Lipinski definition) is 1. The first-order chi connectivity index (χ1) is 8.65. The topological polar surface area (TPSA) is 24.5 Å². The minimum absolute atomic E-state index is 0.600. The summed E-state index contributed by atoms with van der Waals surface area (Å²) in [6, 6.07) is 8.81. The molecule has 0 saturated carbocycles. The number of ether oxygens (including phenoxy) is 1. The second kappa shape index (κ2) is 8.11. The lowest BCUT2D eigenvalue weighted by molar-refractivity contribution is 0.273. The molecule has 0 saturated heterocycles. The van der Waals surface area contributed by atoms with Crippen LogP contribution in [0.25, 0.3) is 0 Å². The van der Waals surface area contributed by atoms with E-state index < -0.39 is 0 Å². The Morgan fingerprint density at radius 3 is 2.67 bits per heavy atom. The van der Waals surface area contributed by atoms with Gasteiger partial charge in [-0.15, -0.1) is 0 Å². The van der Waals surface area contributed by atoms with E-state index in [9.17, 15) is 0 Å². The molecule has 3 nitrogen and oxygen atoms in total. The summed E-state index contributed by atoms with van der Waals surface area (Å²) in [4.78, 5) is 2.33. The van der Waals surface area contributed by atoms with E-state index in [0.717, 1.165) is 25.4 Å². The highest BCUT2D eigenvalue weighted by molar-refractivity contribution is 5.33. The molecule has 1 aromatic rings. The quantitative estimate of drug-likeness (QED) is 0.718. The van der Waals surface area contributed by atoms with Crippen molar-refractivity contribution in [2.45, 2.75) is 33.4 Å². The fourth-order valence-electron chi connectivity index (χ4n) is 1.68. The van der Waals surface area contributed by atoms with Crippen LogP contribution in [0.5, 0.6) is 5.75 Å². The van der Waals surface area contributed by atoms with Gasteiger partial charge in [-0.1, -0.05) is 18.2 Å². The van der Waals surface area contributed by atoms with Gasteiger partial charge in [0.2, 0.25) is 0 Å². The number of rotatable bonds is 8. The number of para-hydroxylation sites is 1. The number of benzene rings is 1. The number of nitrogens with one attached hydrogen (secondary N) is 1. The second-order valence-corrected chi connectivity index (χ2v) is 4.79. The molecule has 0 radical (unpaired) electrons. The molecule has 1 aromatic carbocycles. The Kier molecular flexibility index (Phi) is 6.76. The standard InChI is InChI=1S/C15H26N2O/c1-5-18-15-9-7-6-8-14(15)12-16-10-11-17(4)13(2)3/h6-9,13,16H,5,10-12H2,1-4H3. The molecule has 0 atom stereocenters. The summed E-state index contributed by atoms with van der Waals surface area (Å²) in [5.41, 5.74) is 1.23. The van der Waals surface area contributed by atoms with Crippen LogP contribution in [-0.2, 0) is 6.54 Å². The van der Waals surface area contributed by atoms with E-state index >= 15 is 0 Å². The third-order valence-corrected chi connectivity index (χ3v) is 3.11. The molecule has 1 rings (SSSR count). The Morgan fingerprint density at radius 1 is 1.28 bits per heavy atom. The summed E-state index contributed by atoms with van der Waals surface area (Å²) < 4.78 is 5.60. The van der Waals surface area contributed by atoms with Gasteiger partial charge < -0.3 is 15.0 Å². The van der Waals surface area contributed by atoms with E-state index in [1.807, 2.05) is 19.1 Å². The zero-order chi connectivity index (χ0) is 13.4. The highest BCUT2D eigenvalue weighted by atomic mass is 16.5. The molecule has 0 heterocycles. The van der Waals surface area contributed by atoms with Crippen molar-refractivity contribution in [1.82, 2.24) is 10.2 Å².